The van der Waals surface area contributed by atoms with Crippen LogP contribution >= 0.6 is 12.3 Å². The highest BCUT2D eigenvalue weighted by atomic mass is 32.2. The molecular weight excluding hydrogens is 411 g/mol. The van der Waals surface area contributed by atoms with Crippen molar-refractivity contribution in [1.82, 2.24) is 23.6 Å². The molecule has 12 heteroatoms. The fraction of sp³-hybridized carbons (Fsp3) is 0.235. The number of aromatic nitrogens is 5. The first-order chi connectivity index (χ1) is 13.8. The fourth-order valence-corrected chi connectivity index (χ4v) is 3.08. The van der Waals surface area contributed by atoms with Gasteiger partial charge in [-0.1, -0.05) is 6.07 Å². The summed E-state index contributed by atoms with van der Waals surface area (Å²) in [6.07, 6.45) is -2.10. The second kappa shape index (κ2) is 7.12. The van der Waals surface area contributed by atoms with Gasteiger partial charge in [-0.15, -0.1) is 5.10 Å². The lowest BCUT2D eigenvalue weighted by Gasteiger charge is -2.08. The highest BCUT2D eigenvalue weighted by Crippen LogP contribution is 2.33. The van der Waals surface area contributed by atoms with Crippen LogP contribution in [0.2, 0.25) is 0 Å². The van der Waals surface area contributed by atoms with Gasteiger partial charge in [0.15, 0.2) is 5.65 Å². The Hall–Kier alpha value is -2.99. The van der Waals surface area contributed by atoms with Gasteiger partial charge in [0.25, 0.3) is 5.88 Å². The maximum Gasteiger partial charge on any atom is 0.417 e. The minimum atomic E-state index is -4.56. The third-order valence-corrected chi connectivity index (χ3v) is 4.59. The van der Waals surface area contributed by atoms with Crippen molar-refractivity contribution in [3.05, 3.63) is 58.3 Å². The molecule has 0 fully saturated rings. The van der Waals surface area contributed by atoms with Crippen molar-refractivity contribution in [3.63, 3.8) is 0 Å². The van der Waals surface area contributed by atoms with Gasteiger partial charge >= 0.3 is 11.9 Å². The molecule has 0 aromatic carbocycles. The van der Waals surface area contributed by atoms with Crippen LogP contribution in [-0.2, 0) is 10.4 Å². The predicted molar refractivity (Wildman–Crippen MR) is 99.1 cm³/mol. The standard InChI is InChI=1S/C17H14F3N5O3S/c1-3-27-29-28-15-14(21-12-7-5-11(9-23(12)15)17(18,19)20)25-16(26)24-8-10(2)4-6-13(24)22-25/h4-9H,3H2,1-2H3. The number of aryl methyl sites for hydroxylation is 1. The number of fused-ring (bicyclic) bond motifs is 2. The average Bonchev–Trinajstić information content (AvgIpc) is 3.19. The summed E-state index contributed by atoms with van der Waals surface area (Å²) < 4.78 is 53.4. The fourth-order valence-electron chi connectivity index (χ4n) is 2.72. The molecule has 0 spiro atoms. The van der Waals surface area contributed by atoms with Gasteiger partial charge in [0, 0.05) is 12.4 Å². The quantitative estimate of drug-likeness (QED) is 0.360. The normalized spacial score (nSPS) is 12.2. The largest absolute Gasteiger partial charge is 0.417 e. The summed E-state index contributed by atoms with van der Waals surface area (Å²) in [5, 5.41) is 4.22. The maximum absolute atomic E-state index is 13.2. The number of rotatable bonds is 5. The first-order valence-electron chi connectivity index (χ1n) is 8.43. The van der Waals surface area contributed by atoms with E-state index in [4.69, 9.17) is 8.37 Å². The van der Waals surface area contributed by atoms with Crippen LogP contribution in [0.1, 0.15) is 18.1 Å². The average molecular weight is 425 g/mol. The van der Waals surface area contributed by atoms with E-state index >= 15 is 0 Å². The molecule has 0 aliphatic carbocycles. The molecule has 4 rings (SSSR count). The number of alkyl halides is 3. The molecule has 0 N–H and O–H groups in total. The zero-order chi connectivity index (χ0) is 20.8. The lowest BCUT2D eigenvalue weighted by atomic mass is 10.3. The Kier molecular flexibility index (Phi) is 4.74. The summed E-state index contributed by atoms with van der Waals surface area (Å²) in [7, 11) is 0. The van der Waals surface area contributed by atoms with Crippen LogP contribution in [0.4, 0.5) is 13.2 Å². The van der Waals surface area contributed by atoms with Crippen LogP contribution in [0.25, 0.3) is 17.1 Å². The molecule has 0 saturated heterocycles. The Labute approximate surface area is 165 Å². The second-order valence-electron chi connectivity index (χ2n) is 6.07. The van der Waals surface area contributed by atoms with Gasteiger partial charge in [-0.05, 0) is 37.6 Å². The van der Waals surface area contributed by atoms with Crippen molar-refractivity contribution in [2.45, 2.75) is 20.0 Å². The van der Waals surface area contributed by atoms with Crippen LogP contribution in [0, 0.1) is 6.92 Å². The van der Waals surface area contributed by atoms with Crippen molar-refractivity contribution in [3.8, 4) is 11.7 Å². The Morgan fingerprint density at radius 2 is 1.86 bits per heavy atom. The molecule has 8 nitrogen and oxygen atoms in total. The van der Waals surface area contributed by atoms with Gasteiger partial charge in [0.05, 0.1) is 12.2 Å². The summed E-state index contributed by atoms with van der Waals surface area (Å²) in [6.45, 7) is 3.85. The van der Waals surface area contributed by atoms with Crippen molar-refractivity contribution in [2.24, 2.45) is 0 Å². The van der Waals surface area contributed by atoms with Crippen LogP contribution in [-0.4, -0.2) is 30.2 Å². The third kappa shape index (κ3) is 3.44. The highest BCUT2D eigenvalue weighted by Gasteiger charge is 2.32. The van der Waals surface area contributed by atoms with E-state index in [1.165, 1.54) is 10.5 Å². The monoisotopic (exact) mass is 425 g/mol. The van der Waals surface area contributed by atoms with Crippen LogP contribution < -0.4 is 9.87 Å². The lowest BCUT2D eigenvalue weighted by Crippen LogP contribution is -2.20. The number of nitrogens with zero attached hydrogens (tertiary/aromatic N) is 5. The van der Waals surface area contributed by atoms with E-state index in [9.17, 15) is 18.0 Å². The molecule has 0 aliphatic heterocycles. The number of hydrogen-bond donors (Lipinski definition) is 0. The molecule has 0 radical (unpaired) electrons. The van der Waals surface area contributed by atoms with Gasteiger partial charge in [-0.25, -0.2) is 14.2 Å². The van der Waals surface area contributed by atoms with Crippen molar-refractivity contribution >= 4 is 23.6 Å². The summed E-state index contributed by atoms with van der Waals surface area (Å²) in [4.78, 5) is 17.1. The summed E-state index contributed by atoms with van der Waals surface area (Å²) in [6, 6.07) is 5.53. The molecule has 29 heavy (non-hydrogen) atoms. The van der Waals surface area contributed by atoms with E-state index in [0.717, 1.165) is 26.9 Å². The third-order valence-electron chi connectivity index (χ3n) is 4.03. The number of imidazole rings is 1. The summed E-state index contributed by atoms with van der Waals surface area (Å²) in [5.41, 5.74) is -0.0720. The number of halogens is 3. The van der Waals surface area contributed by atoms with Gasteiger partial charge in [0.1, 0.15) is 5.65 Å². The molecule has 0 aliphatic rings. The molecule has 0 atom stereocenters. The van der Waals surface area contributed by atoms with Gasteiger partial charge < -0.3 is 4.18 Å². The minimum absolute atomic E-state index is 0.0529. The molecule has 0 amide bonds. The van der Waals surface area contributed by atoms with E-state index < -0.39 is 17.4 Å². The molecule has 0 bridgehead atoms. The van der Waals surface area contributed by atoms with Crippen molar-refractivity contribution in [1.29, 1.82) is 0 Å². The van der Waals surface area contributed by atoms with E-state index in [-0.39, 0.29) is 17.3 Å². The molecule has 0 saturated carbocycles. The van der Waals surface area contributed by atoms with E-state index in [1.54, 1.807) is 25.3 Å². The van der Waals surface area contributed by atoms with Gasteiger partial charge in [-0.2, -0.15) is 17.9 Å². The number of hydrogen-bond acceptors (Lipinski definition) is 6. The summed E-state index contributed by atoms with van der Waals surface area (Å²) in [5.74, 6) is -0.172. The second-order valence-corrected chi connectivity index (χ2v) is 6.61. The Morgan fingerprint density at radius 3 is 2.59 bits per heavy atom. The van der Waals surface area contributed by atoms with Crippen molar-refractivity contribution in [2.75, 3.05) is 6.61 Å². The Bertz CT molecular complexity index is 1260. The zero-order valence-electron chi connectivity index (χ0n) is 15.2. The number of pyridine rings is 2. The first kappa shape index (κ1) is 19.3. The van der Waals surface area contributed by atoms with E-state index in [0.29, 0.717) is 24.6 Å². The lowest BCUT2D eigenvalue weighted by molar-refractivity contribution is -0.137. The van der Waals surface area contributed by atoms with Crippen LogP contribution in [0.15, 0.2) is 41.5 Å². The molecule has 4 aromatic heterocycles. The molecule has 152 valence electrons. The Morgan fingerprint density at radius 1 is 1.10 bits per heavy atom. The highest BCUT2D eigenvalue weighted by molar-refractivity contribution is 7.90. The van der Waals surface area contributed by atoms with E-state index in [2.05, 4.69) is 10.1 Å². The molecule has 4 aromatic rings. The van der Waals surface area contributed by atoms with Gasteiger partial charge in [0.2, 0.25) is 18.1 Å². The SMILES string of the molecule is CCOSOc1c(-n2nc3ccc(C)cn3c2=O)nc2ccc(C(F)(F)F)cn12. The predicted octanol–water partition coefficient (Wildman–Crippen LogP) is 3.44. The summed E-state index contributed by atoms with van der Waals surface area (Å²) >= 11 is 0.571. The zero-order valence-corrected chi connectivity index (χ0v) is 16.0. The van der Waals surface area contributed by atoms with E-state index in [1.807, 2.05) is 6.92 Å². The molecular formula is C17H14F3N5O3S. The van der Waals surface area contributed by atoms with Gasteiger partial charge in [-0.3, -0.25) is 8.58 Å². The van der Waals surface area contributed by atoms with Crippen molar-refractivity contribution < 1.29 is 21.5 Å². The maximum atomic E-state index is 13.2. The Balaban J connectivity index is 1.94. The first-order valence-corrected chi connectivity index (χ1v) is 9.10. The van der Waals surface area contributed by atoms with Crippen LogP contribution in [0.3, 0.4) is 0 Å². The van der Waals surface area contributed by atoms with Crippen LogP contribution in [0.5, 0.6) is 5.88 Å². The topological polar surface area (TPSA) is 75.1 Å². The molecule has 0 unspecified atom stereocenters. The smallest absolute Gasteiger partial charge is 0.377 e. The molecule has 4 heterocycles. The minimum Gasteiger partial charge on any atom is -0.377 e.